The van der Waals surface area contributed by atoms with E-state index in [0.717, 1.165) is 19.4 Å². The number of benzene rings is 2. The third-order valence-electron chi connectivity index (χ3n) is 3.63. The lowest BCUT2D eigenvalue weighted by Gasteiger charge is -2.18. The lowest BCUT2D eigenvalue weighted by atomic mass is 9.98. The van der Waals surface area contributed by atoms with Crippen LogP contribution in [-0.4, -0.2) is 6.54 Å². The fourth-order valence-electron chi connectivity index (χ4n) is 2.57. The maximum absolute atomic E-state index is 13.6. The summed E-state index contributed by atoms with van der Waals surface area (Å²) in [5.74, 6) is -0.899. The van der Waals surface area contributed by atoms with Crippen LogP contribution in [0.15, 0.2) is 48.5 Å². The summed E-state index contributed by atoms with van der Waals surface area (Å²) < 4.78 is 27.2. The molecule has 21 heavy (non-hydrogen) atoms. The van der Waals surface area contributed by atoms with Gasteiger partial charge in [-0.15, -0.1) is 0 Å². The first-order valence-electron chi connectivity index (χ1n) is 7.43. The molecule has 1 nitrogen and oxygen atoms in total. The Morgan fingerprint density at radius 3 is 2.24 bits per heavy atom. The molecule has 1 N–H and O–H groups in total. The van der Waals surface area contributed by atoms with Crippen LogP contribution in [0.1, 0.15) is 36.9 Å². The normalized spacial score (nSPS) is 12.3. The van der Waals surface area contributed by atoms with Gasteiger partial charge in [-0.2, -0.15) is 0 Å². The van der Waals surface area contributed by atoms with Gasteiger partial charge >= 0.3 is 0 Å². The molecule has 0 radical (unpaired) electrons. The molecule has 2 aromatic carbocycles. The molecule has 0 amide bonds. The molecule has 2 aromatic rings. The largest absolute Gasteiger partial charge is 0.310 e. The predicted octanol–water partition coefficient (Wildman–Crippen LogP) is 4.64. The van der Waals surface area contributed by atoms with Crippen LogP contribution in [0.2, 0.25) is 0 Å². The quantitative estimate of drug-likeness (QED) is 0.783. The molecule has 0 saturated heterocycles. The lowest BCUT2D eigenvalue weighted by Crippen LogP contribution is -2.21. The van der Waals surface area contributed by atoms with E-state index < -0.39 is 11.6 Å². The van der Waals surface area contributed by atoms with Gasteiger partial charge in [-0.25, -0.2) is 8.78 Å². The van der Waals surface area contributed by atoms with Gasteiger partial charge in [0.05, 0.1) is 0 Å². The fraction of sp³-hybridized carbons (Fsp3) is 0.333. The van der Waals surface area contributed by atoms with Crippen LogP contribution >= 0.6 is 0 Å². The van der Waals surface area contributed by atoms with Gasteiger partial charge in [0.1, 0.15) is 11.6 Å². The highest BCUT2D eigenvalue weighted by Crippen LogP contribution is 2.21. The Morgan fingerprint density at radius 2 is 1.62 bits per heavy atom. The van der Waals surface area contributed by atoms with Crippen LogP contribution in [0.25, 0.3) is 0 Å². The minimum Gasteiger partial charge on any atom is -0.310 e. The van der Waals surface area contributed by atoms with Crippen molar-refractivity contribution in [2.45, 2.75) is 32.2 Å². The maximum atomic E-state index is 13.6. The molecule has 1 unspecified atom stereocenters. The zero-order valence-electron chi connectivity index (χ0n) is 12.3. The fourth-order valence-corrected chi connectivity index (χ4v) is 2.57. The SMILES string of the molecule is CCNC(CCCc1c(F)cccc1F)c1ccccc1. The molecular formula is C18H21F2N. The van der Waals surface area contributed by atoms with Crippen molar-refractivity contribution in [3.8, 4) is 0 Å². The van der Waals surface area contributed by atoms with Crippen molar-refractivity contribution in [3.05, 3.63) is 71.3 Å². The first kappa shape index (κ1) is 15.6. The van der Waals surface area contributed by atoms with E-state index in [9.17, 15) is 8.78 Å². The summed E-state index contributed by atoms with van der Waals surface area (Å²) in [6.45, 7) is 2.93. The molecule has 0 aliphatic rings. The van der Waals surface area contributed by atoms with Gasteiger partial charge in [-0.1, -0.05) is 43.3 Å². The molecule has 0 aliphatic heterocycles. The van der Waals surface area contributed by atoms with Crippen molar-refractivity contribution in [3.63, 3.8) is 0 Å². The maximum Gasteiger partial charge on any atom is 0.129 e. The van der Waals surface area contributed by atoms with Crippen molar-refractivity contribution in [2.75, 3.05) is 6.54 Å². The van der Waals surface area contributed by atoms with Crippen molar-refractivity contribution >= 4 is 0 Å². The average Bonchev–Trinajstić information content (AvgIpc) is 2.50. The minimum atomic E-state index is -0.449. The second-order valence-electron chi connectivity index (χ2n) is 5.11. The molecule has 0 saturated carbocycles. The van der Waals surface area contributed by atoms with E-state index in [1.807, 2.05) is 18.2 Å². The molecule has 112 valence electrons. The number of halogens is 2. The molecule has 0 heterocycles. The molecule has 2 rings (SSSR count). The highest BCUT2D eigenvalue weighted by molar-refractivity contribution is 5.21. The summed E-state index contributed by atoms with van der Waals surface area (Å²) in [6, 6.07) is 14.4. The zero-order valence-corrected chi connectivity index (χ0v) is 12.3. The van der Waals surface area contributed by atoms with E-state index in [4.69, 9.17) is 0 Å². The standard InChI is InChI=1S/C18H21F2N/c1-2-21-18(14-8-4-3-5-9-14)13-6-10-15-16(19)11-7-12-17(15)20/h3-5,7-9,11-12,18,21H,2,6,10,13H2,1H3. The average molecular weight is 289 g/mol. The van der Waals surface area contributed by atoms with Crippen LogP contribution in [0, 0.1) is 11.6 Å². The van der Waals surface area contributed by atoms with Crippen molar-refractivity contribution in [2.24, 2.45) is 0 Å². The Kier molecular flexibility index (Phi) is 5.88. The van der Waals surface area contributed by atoms with Gasteiger partial charge in [0.25, 0.3) is 0 Å². The number of hydrogen-bond donors (Lipinski definition) is 1. The molecule has 0 bridgehead atoms. The lowest BCUT2D eigenvalue weighted by molar-refractivity contribution is 0.486. The number of hydrogen-bond acceptors (Lipinski definition) is 1. The highest BCUT2D eigenvalue weighted by Gasteiger charge is 2.12. The highest BCUT2D eigenvalue weighted by atomic mass is 19.1. The second-order valence-corrected chi connectivity index (χ2v) is 5.11. The van der Waals surface area contributed by atoms with E-state index in [1.54, 1.807) is 0 Å². The van der Waals surface area contributed by atoms with Gasteiger partial charge in [-0.3, -0.25) is 0 Å². The van der Waals surface area contributed by atoms with E-state index in [2.05, 4.69) is 24.4 Å². The topological polar surface area (TPSA) is 12.0 Å². The van der Waals surface area contributed by atoms with Gasteiger partial charge in [0, 0.05) is 11.6 Å². The molecule has 0 spiro atoms. The second kappa shape index (κ2) is 7.89. The molecular weight excluding hydrogens is 268 g/mol. The molecule has 1 atom stereocenters. The van der Waals surface area contributed by atoms with Gasteiger partial charge in [0.2, 0.25) is 0 Å². The van der Waals surface area contributed by atoms with Crippen molar-refractivity contribution in [1.82, 2.24) is 5.32 Å². The Balaban J connectivity index is 1.97. The summed E-state index contributed by atoms with van der Waals surface area (Å²) in [4.78, 5) is 0. The summed E-state index contributed by atoms with van der Waals surface area (Å²) in [5.41, 5.74) is 1.41. The van der Waals surface area contributed by atoms with Gasteiger partial charge in [-0.05, 0) is 43.5 Å². The van der Waals surface area contributed by atoms with E-state index >= 15 is 0 Å². The zero-order chi connectivity index (χ0) is 15.1. The Hall–Kier alpha value is -1.74. The van der Waals surface area contributed by atoms with E-state index in [-0.39, 0.29) is 11.6 Å². The third kappa shape index (κ3) is 4.36. The van der Waals surface area contributed by atoms with Crippen LogP contribution in [0.4, 0.5) is 8.78 Å². The molecule has 0 aromatic heterocycles. The first-order chi connectivity index (χ1) is 10.2. The van der Waals surface area contributed by atoms with Crippen LogP contribution in [0.3, 0.4) is 0 Å². The monoisotopic (exact) mass is 289 g/mol. The Morgan fingerprint density at radius 1 is 0.952 bits per heavy atom. The molecule has 0 fully saturated rings. The minimum absolute atomic E-state index is 0.195. The summed E-state index contributed by atoms with van der Waals surface area (Å²) in [6.07, 6.45) is 2.02. The summed E-state index contributed by atoms with van der Waals surface area (Å²) in [7, 11) is 0. The molecule has 3 heteroatoms. The van der Waals surface area contributed by atoms with Gasteiger partial charge < -0.3 is 5.32 Å². The van der Waals surface area contributed by atoms with E-state index in [0.29, 0.717) is 6.42 Å². The third-order valence-corrected chi connectivity index (χ3v) is 3.63. The smallest absolute Gasteiger partial charge is 0.129 e. The van der Waals surface area contributed by atoms with Crippen molar-refractivity contribution < 1.29 is 8.78 Å². The Bertz CT molecular complexity index is 534. The number of nitrogens with one attached hydrogen (secondary N) is 1. The Labute approximate surface area is 125 Å². The summed E-state index contributed by atoms with van der Waals surface area (Å²) in [5, 5.41) is 3.43. The van der Waals surface area contributed by atoms with Crippen LogP contribution in [-0.2, 0) is 6.42 Å². The number of rotatable bonds is 7. The van der Waals surface area contributed by atoms with Gasteiger partial charge in [0.15, 0.2) is 0 Å². The van der Waals surface area contributed by atoms with Crippen LogP contribution < -0.4 is 5.32 Å². The van der Waals surface area contributed by atoms with Crippen molar-refractivity contribution in [1.29, 1.82) is 0 Å². The summed E-state index contributed by atoms with van der Waals surface area (Å²) >= 11 is 0. The molecule has 0 aliphatic carbocycles. The van der Waals surface area contributed by atoms with Crippen LogP contribution in [0.5, 0.6) is 0 Å². The first-order valence-corrected chi connectivity index (χ1v) is 7.43. The van der Waals surface area contributed by atoms with E-state index in [1.165, 1.54) is 23.8 Å². The predicted molar refractivity (Wildman–Crippen MR) is 82.2 cm³/mol.